The van der Waals surface area contributed by atoms with Crippen LogP contribution in [-0.2, 0) is 17.9 Å². The first-order chi connectivity index (χ1) is 14.6. The van der Waals surface area contributed by atoms with E-state index in [0.29, 0.717) is 19.9 Å². The Morgan fingerprint density at radius 1 is 1.07 bits per heavy atom. The number of rotatable bonds is 8. The number of carbonyl (C=O) groups is 1. The highest BCUT2D eigenvalue weighted by atomic mass is 16.7. The maximum atomic E-state index is 12.3. The molecule has 30 heavy (non-hydrogen) atoms. The molecular weight excluding hydrogens is 382 g/mol. The number of hydrogen-bond acceptors (Lipinski definition) is 6. The Balaban J connectivity index is 1.12. The van der Waals surface area contributed by atoms with Gasteiger partial charge in [0.15, 0.2) is 11.5 Å². The van der Waals surface area contributed by atoms with Gasteiger partial charge < -0.3 is 14.8 Å². The minimum absolute atomic E-state index is 0.104. The Kier molecular flexibility index (Phi) is 6.54. The molecule has 0 bridgehead atoms. The fourth-order valence-corrected chi connectivity index (χ4v) is 4.02. The molecule has 0 unspecified atom stereocenters. The highest BCUT2D eigenvalue weighted by Gasteiger charge is 2.20. The molecule has 4 rings (SSSR count). The van der Waals surface area contributed by atoms with Crippen molar-refractivity contribution in [3.63, 3.8) is 0 Å². The van der Waals surface area contributed by atoms with Crippen molar-refractivity contribution < 1.29 is 14.3 Å². The maximum absolute atomic E-state index is 12.3. The predicted octanol–water partition coefficient (Wildman–Crippen LogP) is 1.55. The molecule has 0 spiro atoms. The summed E-state index contributed by atoms with van der Waals surface area (Å²) in [5, 5.41) is 7.49. The van der Waals surface area contributed by atoms with Crippen LogP contribution in [0, 0.1) is 13.8 Å². The van der Waals surface area contributed by atoms with E-state index in [1.807, 2.05) is 17.7 Å². The van der Waals surface area contributed by atoms with Gasteiger partial charge in [0.1, 0.15) is 0 Å². The number of fused-ring (bicyclic) bond motifs is 1. The van der Waals surface area contributed by atoms with Gasteiger partial charge >= 0.3 is 0 Å². The number of hydrogen-bond donors (Lipinski definition) is 1. The number of amides is 1. The van der Waals surface area contributed by atoms with E-state index >= 15 is 0 Å². The molecule has 2 aromatic rings. The lowest BCUT2D eigenvalue weighted by atomic mass is 10.1. The van der Waals surface area contributed by atoms with Crippen LogP contribution >= 0.6 is 0 Å². The van der Waals surface area contributed by atoms with E-state index in [0.717, 1.165) is 68.6 Å². The normalized spacial score (nSPS) is 16.7. The molecule has 0 aliphatic carbocycles. The van der Waals surface area contributed by atoms with Crippen molar-refractivity contribution in [2.75, 3.05) is 46.1 Å². The number of carbonyl (C=O) groups excluding carboxylic acids is 1. The molecular formula is C22H31N5O3. The highest BCUT2D eigenvalue weighted by molar-refractivity contribution is 5.77. The topological polar surface area (TPSA) is 71.9 Å². The molecule has 2 aliphatic rings. The Morgan fingerprint density at radius 3 is 2.60 bits per heavy atom. The largest absolute Gasteiger partial charge is 0.454 e. The summed E-state index contributed by atoms with van der Waals surface area (Å²) in [7, 11) is 0. The van der Waals surface area contributed by atoms with Crippen molar-refractivity contribution in [3.05, 3.63) is 41.2 Å². The Bertz CT molecular complexity index is 874. The summed E-state index contributed by atoms with van der Waals surface area (Å²) in [4.78, 5) is 16.9. The van der Waals surface area contributed by atoms with Gasteiger partial charge in [0.05, 0.1) is 12.2 Å². The average Bonchev–Trinajstić information content (AvgIpc) is 3.32. The first-order valence-electron chi connectivity index (χ1n) is 10.7. The fraction of sp³-hybridized carbons (Fsp3) is 0.545. The Hall–Kier alpha value is -2.58. The molecule has 1 amide bonds. The molecule has 3 heterocycles. The van der Waals surface area contributed by atoms with Gasteiger partial charge in [-0.15, -0.1) is 0 Å². The zero-order valence-electron chi connectivity index (χ0n) is 17.9. The van der Waals surface area contributed by atoms with Crippen LogP contribution in [0.3, 0.4) is 0 Å². The van der Waals surface area contributed by atoms with Crippen LogP contribution in [0.15, 0.2) is 24.3 Å². The lowest BCUT2D eigenvalue weighted by Gasteiger charge is -2.34. The molecule has 8 nitrogen and oxygen atoms in total. The molecule has 1 saturated heterocycles. The first kappa shape index (κ1) is 20.7. The summed E-state index contributed by atoms with van der Waals surface area (Å²) in [6.45, 7) is 11.0. The van der Waals surface area contributed by atoms with Crippen molar-refractivity contribution in [2.24, 2.45) is 0 Å². The molecule has 1 N–H and O–H groups in total. The third kappa shape index (κ3) is 5.31. The minimum atomic E-state index is 0.104. The number of nitrogens with one attached hydrogen (secondary N) is 1. The Labute approximate surface area is 177 Å². The zero-order chi connectivity index (χ0) is 20.9. The van der Waals surface area contributed by atoms with Crippen LogP contribution in [0.5, 0.6) is 11.5 Å². The van der Waals surface area contributed by atoms with Crippen LogP contribution in [0.4, 0.5) is 0 Å². The molecule has 1 aromatic carbocycles. The third-order valence-electron chi connectivity index (χ3n) is 5.65. The first-order valence-corrected chi connectivity index (χ1v) is 10.7. The van der Waals surface area contributed by atoms with E-state index in [1.165, 1.54) is 5.56 Å². The summed E-state index contributed by atoms with van der Waals surface area (Å²) in [5.74, 6) is 1.76. The number of benzene rings is 1. The summed E-state index contributed by atoms with van der Waals surface area (Å²) in [6.07, 6.45) is 0.886. The van der Waals surface area contributed by atoms with Crippen molar-refractivity contribution >= 4 is 5.91 Å². The monoisotopic (exact) mass is 413 g/mol. The van der Waals surface area contributed by atoms with Crippen LogP contribution < -0.4 is 14.8 Å². The number of aromatic nitrogens is 2. The van der Waals surface area contributed by atoms with Crippen LogP contribution in [0.1, 0.15) is 23.4 Å². The van der Waals surface area contributed by atoms with E-state index < -0.39 is 0 Å². The van der Waals surface area contributed by atoms with E-state index in [2.05, 4.69) is 45.3 Å². The van der Waals surface area contributed by atoms with Gasteiger partial charge in [0.25, 0.3) is 0 Å². The molecule has 1 fully saturated rings. The van der Waals surface area contributed by atoms with Crippen molar-refractivity contribution in [2.45, 2.75) is 33.4 Å². The summed E-state index contributed by atoms with van der Waals surface area (Å²) in [5.41, 5.74) is 3.43. The summed E-state index contributed by atoms with van der Waals surface area (Å²) >= 11 is 0. The summed E-state index contributed by atoms with van der Waals surface area (Å²) < 4.78 is 12.8. The van der Waals surface area contributed by atoms with Crippen molar-refractivity contribution in [3.8, 4) is 11.5 Å². The van der Waals surface area contributed by atoms with Gasteiger partial charge in [0, 0.05) is 51.5 Å². The third-order valence-corrected chi connectivity index (χ3v) is 5.65. The number of ether oxygens (including phenoxy) is 2. The molecule has 0 atom stereocenters. The second kappa shape index (κ2) is 9.49. The number of nitrogens with zero attached hydrogens (tertiary/aromatic N) is 4. The SMILES string of the molecule is Cc1cc(C)n(CCCNC(=O)CN2CCN(Cc3ccc4c(c3)OCO4)CC2)n1. The van der Waals surface area contributed by atoms with E-state index in [4.69, 9.17) is 9.47 Å². The molecule has 1 aromatic heterocycles. The zero-order valence-corrected chi connectivity index (χ0v) is 17.9. The Morgan fingerprint density at radius 2 is 1.83 bits per heavy atom. The van der Waals surface area contributed by atoms with E-state index in [1.54, 1.807) is 0 Å². The lowest BCUT2D eigenvalue weighted by molar-refractivity contribution is -0.122. The predicted molar refractivity (Wildman–Crippen MR) is 114 cm³/mol. The summed E-state index contributed by atoms with van der Waals surface area (Å²) in [6, 6.07) is 8.21. The maximum Gasteiger partial charge on any atom is 0.234 e. The van der Waals surface area contributed by atoms with Crippen molar-refractivity contribution in [1.82, 2.24) is 24.9 Å². The second-order valence-electron chi connectivity index (χ2n) is 8.09. The molecule has 162 valence electrons. The molecule has 8 heteroatoms. The smallest absolute Gasteiger partial charge is 0.234 e. The standard InChI is InChI=1S/C22H31N5O3/c1-17-12-18(2)27(24-17)7-3-6-23-22(28)15-26-10-8-25(9-11-26)14-19-4-5-20-21(13-19)30-16-29-20/h4-5,12-13H,3,6-11,14-16H2,1-2H3,(H,23,28). The van der Waals surface area contributed by atoms with Crippen LogP contribution in [0.25, 0.3) is 0 Å². The van der Waals surface area contributed by atoms with Gasteiger partial charge in [-0.2, -0.15) is 5.10 Å². The number of piperazine rings is 1. The quantitative estimate of drug-likeness (QED) is 0.662. The van der Waals surface area contributed by atoms with E-state index in [-0.39, 0.29) is 5.91 Å². The fourth-order valence-electron chi connectivity index (χ4n) is 4.02. The molecule has 2 aliphatic heterocycles. The van der Waals surface area contributed by atoms with Gasteiger partial charge in [-0.25, -0.2) is 0 Å². The average molecular weight is 414 g/mol. The highest BCUT2D eigenvalue weighted by Crippen LogP contribution is 2.32. The lowest BCUT2D eigenvalue weighted by Crippen LogP contribution is -2.49. The van der Waals surface area contributed by atoms with Crippen LogP contribution in [-0.4, -0.2) is 71.5 Å². The molecule has 0 radical (unpaired) electrons. The molecule has 0 saturated carbocycles. The minimum Gasteiger partial charge on any atom is -0.454 e. The van der Waals surface area contributed by atoms with Gasteiger partial charge in [-0.05, 0) is 44.0 Å². The van der Waals surface area contributed by atoms with Gasteiger partial charge in [-0.3, -0.25) is 19.3 Å². The van der Waals surface area contributed by atoms with Crippen molar-refractivity contribution in [1.29, 1.82) is 0 Å². The number of aryl methyl sites for hydroxylation is 3. The van der Waals surface area contributed by atoms with Gasteiger partial charge in [-0.1, -0.05) is 6.07 Å². The van der Waals surface area contributed by atoms with Crippen LogP contribution in [0.2, 0.25) is 0 Å². The second-order valence-corrected chi connectivity index (χ2v) is 8.09. The van der Waals surface area contributed by atoms with E-state index in [9.17, 15) is 4.79 Å². The van der Waals surface area contributed by atoms with Gasteiger partial charge in [0.2, 0.25) is 12.7 Å².